The molecule has 2 fully saturated rings. The molecule has 2 aliphatic rings. The van der Waals surface area contributed by atoms with E-state index in [1.807, 2.05) is 0 Å². The van der Waals surface area contributed by atoms with Crippen LogP contribution in [0, 0.1) is 0 Å². The Morgan fingerprint density at radius 3 is 1.83 bits per heavy atom. The maximum absolute atomic E-state index is 10.3. The van der Waals surface area contributed by atoms with Gasteiger partial charge in [0, 0.05) is 0 Å². The number of aliphatic hydroxyl groups is 9. The minimum Gasteiger partial charge on any atom is -0.394 e. The van der Waals surface area contributed by atoms with Crippen LogP contribution in [0.15, 0.2) is 0 Å². The van der Waals surface area contributed by atoms with Crippen molar-refractivity contribution in [1.29, 1.82) is 0 Å². The van der Waals surface area contributed by atoms with Gasteiger partial charge in [0.1, 0.15) is 42.7 Å². The van der Waals surface area contributed by atoms with Gasteiger partial charge in [-0.25, -0.2) is 0 Å². The van der Waals surface area contributed by atoms with Crippen LogP contribution >= 0.6 is 0 Å². The lowest BCUT2D eigenvalue weighted by Crippen LogP contribution is -2.70. The molecule has 12 heteroatoms. The van der Waals surface area contributed by atoms with Gasteiger partial charge < -0.3 is 60.2 Å². The molecular formula is C12H22O12. The molecule has 0 aliphatic carbocycles. The van der Waals surface area contributed by atoms with Gasteiger partial charge in [0.25, 0.3) is 0 Å². The Kier molecular flexibility index (Phi) is 6.12. The number of hydrogen-bond acceptors (Lipinski definition) is 12. The zero-order valence-corrected chi connectivity index (χ0v) is 12.4. The molecule has 10 atom stereocenters. The lowest BCUT2D eigenvalue weighted by atomic mass is 9.95. The van der Waals surface area contributed by atoms with E-state index in [1.54, 1.807) is 0 Å². The van der Waals surface area contributed by atoms with Crippen LogP contribution < -0.4 is 0 Å². The molecule has 0 amide bonds. The van der Waals surface area contributed by atoms with Crippen LogP contribution in [0.1, 0.15) is 0 Å². The maximum Gasteiger partial charge on any atom is 0.249 e. The molecule has 2 heterocycles. The highest BCUT2D eigenvalue weighted by molar-refractivity contribution is 4.96. The third-order valence-electron chi connectivity index (χ3n) is 4.12. The number of hydrogen-bond donors (Lipinski definition) is 9. The van der Waals surface area contributed by atoms with Crippen molar-refractivity contribution < 1.29 is 60.2 Å². The predicted octanol–water partition coefficient (Wildman–Crippen LogP) is -6.08. The first-order valence-electron chi connectivity index (χ1n) is 7.18. The molecule has 2 saturated heterocycles. The monoisotopic (exact) mass is 358 g/mol. The van der Waals surface area contributed by atoms with Crippen LogP contribution in [0.2, 0.25) is 0 Å². The second-order valence-electron chi connectivity index (χ2n) is 5.71. The third-order valence-corrected chi connectivity index (χ3v) is 4.12. The fourth-order valence-electron chi connectivity index (χ4n) is 2.57. The first-order chi connectivity index (χ1) is 11.2. The van der Waals surface area contributed by atoms with E-state index in [4.69, 9.17) is 24.4 Å². The second-order valence-corrected chi connectivity index (χ2v) is 5.71. The minimum absolute atomic E-state index is 0.764. The highest BCUT2D eigenvalue weighted by atomic mass is 16.8. The van der Waals surface area contributed by atoms with E-state index in [-0.39, 0.29) is 0 Å². The molecule has 2 rings (SSSR count). The predicted molar refractivity (Wildman–Crippen MR) is 69.8 cm³/mol. The highest BCUT2D eigenvalue weighted by Crippen LogP contribution is 2.33. The van der Waals surface area contributed by atoms with Crippen molar-refractivity contribution in [3.63, 3.8) is 0 Å². The molecule has 0 radical (unpaired) electrons. The Bertz CT molecular complexity index is 421. The molecule has 0 aromatic rings. The van der Waals surface area contributed by atoms with E-state index in [1.165, 1.54) is 0 Å². The Balaban J connectivity index is 2.18. The smallest absolute Gasteiger partial charge is 0.249 e. The largest absolute Gasteiger partial charge is 0.394 e. The molecule has 142 valence electrons. The van der Waals surface area contributed by atoms with Crippen molar-refractivity contribution in [2.24, 2.45) is 0 Å². The Labute approximate surface area is 135 Å². The number of aliphatic hydroxyl groups excluding tert-OH is 8. The van der Waals surface area contributed by atoms with Gasteiger partial charge in [-0.3, -0.25) is 0 Å². The molecule has 0 unspecified atom stereocenters. The highest BCUT2D eigenvalue weighted by Gasteiger charge is 2.58. The summed E-state index contributed by atoms with van der Waals surface area (Å²) in [4.78, 5) is 0. The van der Waals surface area contributed by atoms with Gasteiger partial charge in [-0.1, -0.05) is 0 Å². The molecular weight excluding hydrogens is 336 g/mol. The lowest BCUT2D eigenvalue weighted by molar-refractivity contribution is -0.451. The summed E-state index contributed by atoms with van der Waals surface area (Å²) in [5.41, 5.74) is 0. The normalized spacial score (nSPS) is 53.1. The van der Waals surface area contributed by atoms with Gasteiger partial charge in [0.15, 0.2) is 6.29 Å². The van der Waals surface area contributed by atoms with Crippen molar-refractivity contribution in [1.82, 2.24) is 0 Å². The van der Waals surface area contributed by atoms with Crippen molar-refractivity contribution in [3.8, 4) is 0 Å². The Morgan fingerprint density at radius 2 is 1.29 bits per heavy atom. The van der Waals surface area contributed by atoms with Gasteiger partial charge in [-0.15, -0.1) is 0 Å². The average Bonchev–Trinajstić information content (AvgIpc) is 2.57. The molecule has 12 nitrogen and oxygen atoms in total. The molecule has 0 aromatic carbocycles. The van der Waals surface area contributed by atoms with E-state index < -0.39 is 74.3 Å². The van der Waals surface area contributed by atoms with E-state index in [2.05, 4.69) is 0 Å². The maximum atomic E-state index is 10.3. The molecule has 2 aliphatic heterocycles. The summed E-state index contributed by atoms with van der Waals surface area (Å²) < 4.78 is 14.6. The SMILES string of the molecule is OC[C@@H]1O[C@@H](O[C@]2(O)[C@H](O)O[C@@H](CO)[C@H](O)[C@H]2O)[C@H](O)[C@H](O)[C@H]1O. The number of rotatable bonds is 4. The zero-order valence-electron chi connectivity index (χ0n) is 12.4. The molecule has 0 saturated carbocycles. The van der Waals surface area contributed by atoms with Crippen LogP contribution in [0.4, 0.5) is 0 Å². The van der Waals surface area contributed by atoms with Crippen molar-refractivity contribution in [2.75, 3.05) is 13.2 Å². The average molecular weight is 358 g/mol. The summed E-state index contributed by atoms with van der Waals surface area (Å²) in [6.07, 6.45) is -16.4. The summed E-state index contributed by atoms with van der Waals surface area (Å²) >= 11 is 0. The topological polar surface area (TPSA) is 210 Å². The second kappa shape index (κ2) is 7.41. The first kappa shape index (κ1) is 19.8. The first-order valence-corrected chi connectivity index (χ1v) is 7.18. The third kappa shape index (κ3) is 3.29. The standard InChI is InChI=1S/C12H22O12/c13-1-3-5(15)7(17)8(18)10(22-3)24-12(21)9(19)6(16)4(2-14)23-11(12)20/h3-11,13-21H,1-2H2/t3-,4-,5-,6-,7+,8+,9+,10-,11+,12-/m0/s1. The van der Waals surface area contributed by atoms with Crippen LogP contribution in [-0.4, -0.2) is 120 Å². The van der Waals surface area contributed by atoms with Crippen molar-refractivity contribution in [3.05, 3.63) is 0 Å². The van der Waals surface area contributed by atoms with Crippen molar-refractivity contribution >= 4 is 0 Å². The van der Waals surface area contributed by atoms with E-state index in [0.29, 0.717) is 0 Å². The molecule has 0 aromatic heterocycles. The van der Waals surface area contributed by atoms with Crippen LogP contribution in [-0.2, 0) is 14.2 Å². The van der Waals surface area contributed by atoms with Gasteiger partial charge in [0.2, 0.25) is 12.1 Å². The summed E-state index contributed by atoms with van der Waals surface area (Å²) in [6, 6.07) is 0. The van der Waals surface area contributed by atoms with Gasteiger partial charge in [-0.05, 0) is 0 Å². The fourth-order valence-corrected chi connectivity index (χ4v) is 2.57. The van der Waals surface area contributed by atoms with E-state index in [0.717, 1.165) is 0 Å². The fraction of sp³-hybridized carbons (Fsp3) is 1.00. The summed E-state index contributed by atoms with van der Waals surface area (Å²) in [6.45, 7) is -1.54. The Morgan fingerprint density at radius 1 is 0.750 bits per heavy atom. The van der Waals surface area contributed by atoms with Gasteiger partial charge in [-0.2, -0.15) is 0 Å². The van der Waals surface area contributed by atoms with Crippen molar-refractivity contribution in [2.45, 2.75) is 61.1 Å². The summed E-state index contributed by atoms with van der Waals surface area (Å²) in [7, 11) is 0. The lowest BCUT2D eigenvalue weighted by Gasteiger charge is -2.48. The van der Waals surface area contributed by atoms with Crippen LogP contribution in [0.5, 0.6) is 0 Å². The van der Waals surface area contributed by atoms with Gasteiger partial charge >= 0.3 is 0 Å². The van der Waals surface area contributed by atoms with E-state index in [9.17, 15) is 35.7 Å². The molecule has 0 bridgehead atoms. The summed E-state index contributed by atoms with van der Waals surface area (Å²) in [5, 5.41) is 87.0. The van der Waals surface area contributed by atoms with Crippen LogP contribution in [0.25, 0.3) is 0 Å². The zero-order chi connectivity index (χ0) is 18.2. The van der Waals surface area contributed by atoms with Crippen LogP contribution in [0.3, 0.4) is 0 Å². The molecule has 24 heavy (non-hydrogen) atoms. The minimum atomic E-state index is -2.99. The van der Waals surface area contributed by atoms with E-state index >= 15 is 0 Å². The molecule has 0 spiro atoms. The Hall–Kier alpha value is -0.480. The quantitative estimate of drug-likeness (QED) is 0.215. The summed E-state index contributed by atoms with van der Waals surface area (Å²) in [5.74, 6) is -2.99. The molecule has 9 N–H and O–H groups in total. The van der Waals surface area contributed by atoms with Gasteiger partial charge in [0.05, 0.1) is 13.2 Å². The number of ether oxygens (including phenoxy) is 3.